The summed E-state index contributed by atoms with van der Waals surface area (Å²) in [6.07, 6.45) is 1.000. The standard InChI is InChI=1S/C14H19FN2O3S.H2/c1-14(2,3)20-13(18)17-21(4,19)12-8-11-9(5-6-16-11)7-10(12)15;/h7-8,16H,5-6H2,1-4H3;1H. The van der Waals surface area contributed by atoms with Crippen LogP contribution in [-0.2, 0) is 20.9 Å². The van der Waals surface area contributed by atoms with Crippen LogP contribution >= 0.6 is 0 Å². The van der Waals surface area contributed by atoms with E-state index in [1.807, 2.05) is 0 Å². The first-order chi connectivity index (χ1) is 9.58. The quantitative estimate of drug-likeness (QED) is 0.862. The molecule has 0 saturated carbocycles. The van der Waals surface area contributed by atoms with Crippen molar-refractivity contribution in [3.63, 3.8) is 0 Å². The van der Waals surface area contributed by atoms with Crippen molar-refractivity contribution < 1.29 is 19.6 Å². The van der Waals surface area contributed by atoms with Gasteiger partial charge in [0.1, 0.15) is 11.4 Å². The number of benzene rings is 1. The minimum absolute atomic E-state index is 0. The summed E-state index contributed by atoms with van der Waals surface area (Å²) in [5, 5.41) is 3.08. The lowest BCUT2D eigenvalue weighted by Gasteiger charge is -2.17. The topological polar surface area (TPSA) is 67.8 Å². The Hall–Kier alpha value is -1.63. The number of hydrogen-bond acceptors (Lipinski definition) is 4. The van der Waals surface area contributed by atoms with E-state index in [-0.39, 0.29) is 6.32 Å². The summed E-state index contributed by atoms with van der Waals surface area (Å²) in [6.45, 7) is 5.75. The molecule has 0 aliphatic carbocycles. The van der Waals surface area contributed by atoms with Gasteiger partial charge in [0.15, 0.2) is 0 Å². The third-order valence-corrected chi connectivity index (χ3v) is 4.54. The van der Waals surface area contributed by atoms with Gasteiger partial charge >= 0.3 is 6.09 Å². The zero-order valence-electron chi connectivity index (χ0n) is 12.5. The third kappa shape index (κ3) is 3.72. The Morgan fingerprint density at radius 3 is 2.76 bits per heavy atom. The highest BCUT2D eigenvalue weighted by Gasteiger charge is 2.22. The van der Waals surface area contributed by atoms with E-state index in [2.05, 4.69) is 9.68 Å². The Bertz CT molecular complexity index is 707. The van der Waals surface area contributed by atoms with Gasteiger partial charge in [-0.25, -0.2) is 13.4 Å². The molecule has 5 nitrogen and oxygen atoms in total. The van der Waals surface area contributed by atoms with Gasteiger partial charge in [0.05, 0.1) is 14.6 Å². The second kappa shape index (κ2) is 5.29. The van der Waals surface area contributed by atoms with E-state index in [9.17, 15) is 13.4 Å². The number of carbonyl (C=O) groups is 1. The molecule has 0 bridgehead atoms. The molecule has 2 rings (SSSR count). The summed E-state index contributed by atoms with van der Waals surface area (Å²) in [4.78, 5) is 11.6. The summed E-state index contributed by atoms with van der Waals surface area (Å²) < 4.78 is 35.2. The second-order valence-electron chi connectivity index (χ2n) is 5.99. The number of nitrogens with one attached hydrogen (secondary N) is 1. The van der Waals surface area contributed by atoms with E-state index in [1.54, 1.807) is 20.8 Å². The number of amides is 1. The van der Waals surface area contributed by atoms with E-state index >= 15 is 0 Å². The molecule has 0 fully saturated rings. The molecule has 1 heterocycles. The molecule has 0 radical (unpaired) electrons. The Kier molecular flexibility index (Phi) is 3.97. The lowest BCUT2D eigenvalue weighted by Crippen LogP contribution is -2.22. The summed E-state index contributed by atoms with van der Waals surface area (Å²) in [5.41, 5.74) is 0.831. The summed E-state index contributed by atoms with van der Waals surface area (Å²) in [6, 6.07) is 2.81. The predicted octanol–water partition coefficient (Wildman–Crippen LogP) is 3.43. The summed E-state index contributed by atoms with van der Waals surface area (Å²) in [5.74, 6) is -0.614. The second-order valence-corrected chi connectivity index (χ2v) is 8.22. The van der Waals surface area contributed by atoms with Crippen LogP contribution in [0.15, 0.2) is 21.4 Å². The van der Waals surface area contributed by atoms with Crippen LogP contribution in [0.5, 0.6) is 0 Å². The maximum atomic E-state index is 14.1. The van der Waals surface area contributed by atoms with E-state index in [4.69, 9.17) is 4.74 Å². The number of rotatable bonds is 1. The van der Waals surface area contributed by atoms with Crippen molar-refractivity contribution in [2.24, 2.45) is 4.36 Å². The first-order valence-corrected chi connectivity index (χ1v) is 8.52. The molecular formula is C14H21FN2O3S. The molecule has 1 aliphatic heterocycles. The van der Waals surface area contributed by atoms with Crippen molar-refractivity contribution in [2.75, 3.05) is 18.1 Å². The van der Waals surface area contributed by atoms with Gasteiger partial charge in [-0.05, 0) is 44.9 Å². The fraction of sp³-hybridized carbons (Fsp3) is 0.500. The minimum atomic E-state index is -3.20. The van der Waals surface area contributed by atoms with Gasteiger partial charge in [0, 0.05) is 19.9 Å². The molecule has 1 amide bonds. The van der Waals surface area contributed by atoms with Crippen LogP contribution in [0.2, 0.25) is 0 Å². The number of nitrogens with zero attached hydrogens (tertiary/aromatic N) is 1. The largest absolute Gasteiger partial charge is 0.442 e. The number of carbonyl (C=O) groups excluding carboxylic acids is 1. The van der Waals surface area contributed by atoms with Crippen LogP contribution in [-0.4, -0.2) is 28.7 Å². The third-order valence-electron chi connectivity index (χ3n) is 2.92. The highest BCUT2D eigenvalue weighted by Crippen LogP contribution is 2.29. The van der Waals surface area contributed by atoms with Gasteiger partial charge in [-0.1, -0.05) is 0 Å². The maximum Gasteiger partial charge on any atom is 0.442 e. The Morgan fingerprint density at radius 2 is 2.14 bits per heavy atom. The van der Waals surface area contributed by atoms with Gasteiger partial charge in [0.25, 0.3) is 0 Å². The first-order valence-electron chi connectivity index (χ1n) is 6.60. The lowest BCUT2D eigenvalue weighted by atomic mass is 10.2. The Morgan fingerprint density at radius 1 is 1.48 bits per heavy atom. The summed E-state index contributed by atoms with van der Waals surface area (Å²) in [7, 11) is -3.20. The van der Waals surface area contributed by atoms with Crippen molar-refractivity contribution >= 4 is 21.5 Å². The zero-order chi connectivity index (χ0) is 15.8. The molecule has 1 atom stereocenters. The van der Waals surface area contributed by atoms with Crippen molar-refractivity contribution in [3.8, 4) is 0 Å². The van der Waals surface area contributed by atoms with Gasteiger partial charge in [-0.15, -0.1) is 4.36 Å². The molecule has 0 spiro atoms. The fourth-order valence-electron chi connectivity index (χ4n) is 2.06. The van der Waals surface area contributed by atoms with Gasteiger partial charge in [-0.3, -0.25) is 0 Å². The molecule has 1 unspecified atom stereocenters. The predicted molar refractivity (Wildman–Crippen MR) is 81.7 cm³/mol. The molecule has 7 heteroatoms. The first kappa shape index (κ1) is 15.8. The average molecular weight is 316 g/mol. The monoisotopic (exact) mass is 316 g/mol. The number of hydrogen-bond donors (Lipinski definition) is 1. The van der Waals surface area contributed by atoms with Crippen molar-refractivity contribution in [3.05, 3.63) is 23.5 Å². The smallest absolute Gasteiger partial charge is 0.442 e. The van der Waals surface area contributed by atoms with E-state index < -0.39 is 27.2 Å². The Balaban J connectivity index is 0.00000242. The molecule has 118 valence electrons. The average Bonchev–Trinajstić information content (AvgIpc) is 2.70. The maximum absolute atomic E-state index is 14.1. The molecule has 0 aromatic heterocycles. The van der Waals surface area contributed by atoms with Gasteiger partial charge < -0.3 is 10.1 Å². The van der Waals surface area contributed by atoms with Gasteiger partial charge in [-0.2, -0.15) is 0 Å². The van der Waals surface area contributed by atoms with Crippen LogP contribution < -0.4 is 5.32 Å². The normalized spacial score (nSPS) is 16.6. The van der Waals surface area contributed by atoms with Gasteiger partial charge in [0.2, 0.25) is 0 Å². The zero-order valence-corrected chi connectivity index (χ0v) is 13.3. The van der Waals surface area contributed by atoms with Crippen LogP contribution in [0.3, 0.4) is 0 Å². The fourth-order valence-corrected chi connectivity index (χ4v) is 3.24. The highest BCUT2D eigenvalue weighted by atomic mass is 32.2. The summed E-state index contributed by atoms with van der Waals surface area (Å²) >= 11 is 0. The SMILES string of the molecule is CC(C)(C)OC(=O)N=S(C)(=O)c1cc2c(cc1F)CCN2.[HH]. The van der Waals surface area contributed by atoms with E-state index in [0.29, 0.717) is 6.54 Å². The molecule has 1 aromatic rings. The van der Waals surface area contributed by atoms with Crippen LogP contribution in [0.1, 0.15) is 27.8 Å². The lowest BCUT2D eigenvalue weighted by molar-refractivity contribution is 0.0607. The Labute approximate surface area is 125 Å². The van der Waals surface area contributed by atoms with E-state index in [0.717, 1.165) is 17.7 Å². The molecule has 1 aliphatic rings. The number of anilines is 1. The molecule has 0 saturated heterocycles. The number of ether oxygens (including phenoxy) is 1. The van der Waals surface area contributed by atoms with Crippen LogP contribution in [0.25, 0.3) is 0 Å². The van der Waals surface area contributed by atoms with Crippen LogP contribution in [0, 0.1) is 5.82 Å². The molecular weight excluding hydrogens is 295 g/mol. The van der Waals surface area contributed by atoms with Crippen molar-refractivity contribution in [1.29, 1.82) is 0 Å². The van der Waals surface area contributed by atoms with Crippen LogP contribution in [0.4, 0.5) is 14.9 Å². The molecule has 1 aromatic carbocycles. The highest BCUT2D eigenvalue weighted by molar-refractivity contribution is 7.93. The van der Waals surface area contributed by atoms with Crippen molar-refractivity contribution in [2.45, 2.75) is 37.7 Å². The molecule has 21 heavy (non-hydrogen) atoms. The van der Waals surface area contributed by atoms with E-state index in [1.165, 1.54) is 18.4 Å². The minimum Gasteiger partial charge on any atom is -0.442 e. The van der Waals surface area contributed by atoms with Crippen molar-refractivity contribution in [1.82, 2.24) is 0 Å². The number of halogens is 1. The molecule has 1 N–H and O–H groups in total. The number of fused-ring (bicyclic) bond motifs is 1.